The molecular weight excluding hydrogens is 274 g/mol. The van der Waals surface area contributed by atoms with E-state index in [2.05, 4.69) is 0 Å². The fourth-order valence-corrected chi connectivity index (χ4v) is 3.63. The highest BCUT2D eigenvalue weighted by Crippen LogP contribution is 2.43. The summed E-state index contributed by atoms with van der Waals surface area (Å²) in [6, 6.07) is 3.66. The van der Waals surface area contributed by atoms with Gasteiger partial charge in [-0.15, -0.1) is 11.8 Å². The summed E-state index contributed by atoms with van der Waals surface area (Å²) in [7, 11) is 0. The summed E-state index contributed by atoms with van der Waals surface area (Å²) >= 11 is 7.74. The molecule has 0 fully saturated rings. The molecule has 1 atom stereocenters. The van der Waals surface area contributed by atoms with E-state index in [0.29, 0.717) is 17.3 Å². The van der Waals surface area contributed by atoms with Crippen molar-refractivity contribution >= 4 is 40.9 Å². The zero-order valence-electron chi connectivity index (χ0n) is 9.94. The maximum Gasteiger partial charge on any atom is 0.394 e. The van der Waals surface area contributed by atoms with Gasteiger partial charge in [-0.2, -0.15) is 0 Å². The Morgan fingerprint density at radius 1 is 1.50 bits per heavy atom. The zero-order valence-corrected chi connectivity index (χ0v) is 11.5. The summed E-state index contributed by atoms with van der Waals surface area (Å²) in [6.07, 6.45) is 0. The molecule has 1 amide bonds. The first-order valence-electron chi connectivity index (χ1n) is 5.41. The lowest BCUT2D eigenvalue weighted by atomic mass is 10.2. The molecule has 1 aromatic rings. The van der Waals surface area contributed by atoms with Crippen LogP contribution in [0.3, 0.4) is 0 Å². The number of hydrogen-bond acceptors (Lipinski definition) is 3. The largest absolute Gasteiger partial charge is 0.474 e. The molecule has 0 bridgehead atoms. The molecule has 0 saturated carbocycles. The van der Waals surface area contributed by atoms with Crippen LogP contribution < -0.4 is 4.90 Å². The van der Waals surface area contributed by atoms with E-state index in [1.807, 2.05) is 19.9 Å². The summed E-state index contributed by atoms with van der Waals surface area (Å²) in [4.78, 5) is 24.7. The van der Waals surface area contributed by atoms with E-state index in [1.165, 1.54) is 4.90 Å². The Bertz CT molecular complexity index is 532. The van der Waals surface area contributed by atoms with E-state index in [-0.39, 0.29) is 5.25 Å². The lowest BCUT2D eigenvalue weighted by Gasteiger charge is -2.32. The van der Waals surface area contributed by atoms with E-state index in [1.54, 1.807) is 17.8 Å². The third-order valence-electron chi connectivity index (χ3n) is 2.64. The molecule has 1 aliphatic rings. The lowest BCUT2D eigenvalue weighted by Crippen LogP contribution is -2.42. The van der Waals surface area contributed by atoms with Crippen LogP contribution in [-0.4, -0.2) is 28.8 Å². The average molecular weight is 286 g/mol. The van der Waals surface area contributed by atoms with Gasteiger partial charge in [-0.05, 0) is 24.6 Å². The Morgan fingerprint density at radius 2 is 2.17 bits per heavy atom. The molecule has 2 rings (SSSR count). The predicted octanol–water partition coefficient (Wildman–Crippen LogP) is 2.56. The van der Waals surface area contributed by atoms with E-state index in [4.69, 9.17) is 16.7 Å². The summed E-state index contributed by atoms with van der Waals surface area (Å²) in [6.45, 7) is 4.22. The van der Waals surface area contributed by atoms with Crippen LogP contribution in [0.2, 0.25) is 5.02 Å². The standard InChI is InChI=1S/C12H12ClNO3S/c1-6-3-8(13)10-9(4-6)18-7(2)5-14(10)11(15)12(16)17/h3-4,7H,5H2,1-2H3,(H,16,17). The number of aryl methyl sites for hydroxylation is 1. The van der Waals surface area contributed by atoms with E-state index >= 15 is 0 Å². The van der Waals surface area contributed by atoms with Crippen LogP contribution in [0.1, 0.15) is 12.5 Å². The molecule has 1 heterocycles. The van der Waals surface area contributed by atoms with Gasteiger partial charge in [0.05, 0.1) is 10.7 Å². The first-order valence-corrected chi connectivity index (χ1v) is 6.67. The van der Waals surface area contributed by atoms with Crippen molar-refractivity contribution in [1.82, 2.24) is 0 Å². The number of hydrogen-bond donors (Lipinski definition) is 1. The number of benzene rings is 1. The van der Waals surface area contributed by atoms with Crippen LogP contribution in [0.4, 0.5) is 5.69 Å². The van der Waals surface area contributed by atoms with Crippen molar-refractivity contribution in [1.29, 1.82) is 0 Å². The minimum absolute atomic E-state index is 0.138. The highest BCUT2D eigenvalue weighted by molar-refractivity contribution is 8.00. The Hall–Kier alpha value is -1.20. The Labute approximate surface area is 114 Å². The first-order chi connectivity index (χ1) is 8.40. The van der Waals surface area contributed by atoms with Crippen molar-refractivity contribution in [2.45, 2.75) is 24.0 Å². The molecule has 0 radical (unpaired) electrons. The maximum absolute atomic E-state index is 11.7. The normalized spacial score (nSPS) is 18.4. The molecule has 0 aromatic heterocycles. The number of fused-ring (bicyclic) bond motifs is 1. The highest BCUT2D eigenvalue weighted by atomic mass is 35.5. The number of halogens is 1. The van der Waals surface area contributed by atoms with Crippen molar-refractivity contribution in [2.24, 2.45) is 0 Å². The van der Waals surface area contributed by atoms with Gasteiger partial charge in [-0.3, -0.25) is 9.69 Å². The van der Waals surface area contributed by atoms with Gasteiger partial charge >= 0.3 is 11.9 Å². The molecule has 1 unspecified atom stereocenters. The smallest absolute Gasteiger partial charge is 0.394 e. The fraction of sp³-hybridized carbons (Fsp3) is 0.333. The summed E-state index contributed by atoms with van der Waals surface area (Å²) in [5.41, 5.74) is 1.50. The molecule has 0 aliphatic carbocycles. The van der Waals surface area contributed by atoms with Crippen molar-refractivity contribution in [3.8, 4) is 0 Å². The van der Waals surface area contributed by atoms with Gasteiger partial charge in [0.25, 0.3) is 0 Å². The van der Waals surface area contributed by atoms with Crippen molar-refractivity contribution in [2.75, 3.05) is 11.4 Å². The SMILES string of the molecule is Cc1cc(Cl)c2c(c1)SC(C)CN2C(=O)C(=O)O. The van der Waals surface area contributed by atoms with E-state index in [0.717, 1.165) is 10.5 Å². The Balaban J connectivity index is 2.54. The number of carbonyl (C=O) groups excluding carboxylic acids is 1. The van der Waals surface area contributed by atoms with Crippen molar-refractivity contribution < 1.29 is 14.7 Å². The second-order valence-electron chi connectivity index (χ2n) is 4.24. The first kappa shape index (κ1) is 13.2. The molecule has 4 nitrogen and oxygen atoms in total. The van der Waals surface area contributed by atoms with Crippen LogP contribution in [0.25, 0.3) is 0 Å². The van der Waals surface area contributed by atoms with E-state index in [9.17, 15) is 9.59 Å². The number of thioether (sulfide) groups is 1. The molecule has 0 saturated heterocycles. The topological polar surface area (TPSA) is 57.6 Å². The second kappa shape index (κ2) is 4.82. The molecule has 0 spiro atoms. The predicted molar refractivity (Wildman–Crippen MR) is 71.5 cm³/mol. The monoisotopic (exact) mass is 285 g/mol. The van der Waals surface area contributed by atoms with Gasteiger partial charge in [0, 0.05) is 16.7 Å². The number of carbonyl (C=O) groups is 2. The van der Waals surface area contributed by atoms with Crippen LogP contribution in [0, 0.1) is 6.92 Å². The number of carboxylic acids is 1. The van der Waals surface area contributed by atoms with Gasteiger partial charge in [0.2, 0.25) is 0 Å². The molecular formula is C12H12ClNO3S. The number of rotatable bonds is 0. The summed E-state index contributed by atoms with van der Waals surface area (Å²) in [5, 5.41) is 9.40. The minimum atomic E-state index is -1.46. The number of nitrogens with zero attached hydrogens (tertiary/aromatic N) is 1. The minimum Gasteiger partial charge on any atom is -0.474 e. The van der Waals surface area contributed by atoms with Crippen LogP contribution in [0.15, 0.2) is 17.0 Å². The number of aliphatic carboxylic acids is 1. The lowest BCUT2D eigenvalue weighted by molar-refractivity contribution is -0.148. The summed E-state index contributed by atoms with van der Waals surface area (Å²) in [5.74, 6) is -2.40. The van der Waals surface area contributed by atoms with Crippen LogP contribution in [0.5, 0.6) is 0 Å². The Morgan fingerprint density at radius 3 is 2.78 bits per heavy atom. The molecule has 1 N–H and O–H groups in total. The zero-order chi connectivity index (χ0) is 13.4. The second-order valence-corrected chi connectivity index (χ2v) is 6.13. The van der Waals surface area contributed by atoms with Gasteiger partial charge in [-0.25, -0.2) is 4.79 Å². The Kier molecular flexibility index (Phi) is 3.54. The quantitative estimate of drug-likeness (QED) is 0.744. The molecule has 6 heteroatoms. The number of carboxylic acid groups (broad SMARTS) is 1. The van der Waals surface area contributed by atoms with Crippen molar-refractivity contribution in [3.63, 3.8) is 0 Å². The summed E-state index contributed by atoms with van der Waals surface area (Å²) < 4.78 is 0. The molecule has 18 heavy (non-hydrogen) atoms. The maximum atomic E-state index is 11.7. The van der Waals surface area contributed by atoms with Crippen LogP contribution >= 0.6 is 23.4 Å². The van der Waals surface area contributed by atoms with E-state index < -0.39 is 11.9 Å². The van der Waals surface area contributed by atoms with Crippen molar-refractivity contribution in [3.05, 3.63) is 22.7 Å². The van der Waals surface area contributed by atoms with Gasteiger partial charge in [0.1, 0.15) is 0 Å². The average Bonchev–Trinajstić information content (AvgIpc) is 2.25. The molecule has 1 aromatic carbocycles. The third kappa shape index (κ3) is 2.33. The molecule has 1 aliphatic heterocycles. The van der Waals surface area contributed by atoms with Gasteiger partial charge in [-0.1, -0.05) is 18.5 Å². The van der Waals surface area contributed by atoms with Gasteiger partial charge < -0.3 is 5.11 Å². The number of amides is 1. The third-order valence-corrected chi connectivity index (χ3v) is 4.04. The van der Waals surface area contributed by atoms with Crippen LogP contribution in [-0.2, 0) is 9.59 Å². The highest BCUT2D eigenvalue weighted by Gasteiger charge is 2.32. The number of anilines is 1. The van der Waals surface area contributed by atoms with Gasteiger partial charge in [0.15, 0.2) is 0 Å². The molecule has 96 valence electrons. The fourth-order valence-electron chi connectivity index (χ4n) is 1.96.